The predicted molar refractivity (Wildman–Crippen MR) is 200 cm³/mol. The van der Waals surface area contributed by atoms with Crippen LogP contribution in [0.15, 0.2) is 83.9 Å². The topological polar surface area (TPSA) is 61.5 Å². The molecule has 2 aliphatic rings. The monoisotopic (exact) mass is 684 g/mol. The molecule has 2 N–H and O–H groups in total. The average Bonchev–Trinajstić information content (AvgIpc) is 3.07. The van der Waals surface area contributed by atoms with Gasteiger partial charge < -0.3 is 15.5 Å². The zero-order valence-electron chi connectivity index (χ0n) is 29.4. The van der Waals surface area contributed by atoms with Gasteiger partial charge in [0.05, 0.1) is 5.69 Å². The molecule has 1 aliphatic carbocycles. The number of aromatic nitrogens is 2. The van der Waals surface area contributed by atoms with Crippen LogP contribution in [-0.2, 0) is 6.42 Å². The molecule has 0 saturated carbocycles. The summed E-state index contributed by atoms with van der Waals surface area (Å²) in [5.41, 5.74) is 20.2. The zero-order valence-corrected chi connectivity index (χ0v) is 31.2. The van der Waals surface area contributed by atoms with Crippen LogP contribution in [0.3, 0.4) is 0 Å². The first-order valence-corrected chi connectivity index (χ1v) is 18.8. The number of allylic oxidation sites excluding steroid dienone is 7. The van der Waals surface area contributed by atoms with Crippen molar-refractivity contribution in [2.24, 2.45) is 5.73 Å². The average molecular weight is 685 g/mol. The summed E-state index contributed by atoms with van der Waals surface area (Å²) in [6.45, 7) is 20.0. The van der Waals surface area contributed by atoms with Gasteiger partial charge in [0, 0.05) is 49.1 Å². The van der Waals surface area contributed by atoms with Crippen molar-refractivity contribution in [2.75, 3.05) is 57.8 Å². The second-order valence-electron chi connectivity index (χ2n) is 11.7. The molecular formula is C39H57AsN6. The predicted octanol–water partition coefficient (Wildman–Crippen LogP) is 7.62. The minimum atomic E-state index is 0.648. The Morgan fingerprint density at radius 1 is 1.02 bits per heavy atom. The molecule has 0 atom stereocenters. The third-order valence-electron chi connectivity index (χ3n) is 7.82. The van der Waals surface area contributed by atoms with Crippen LogP contribution in [0.2, 0.25) is 5.71 Å². The van der Waals surface area contributed by atoms with Crippen LogP contribution in [0.1, 0.15) is 71.2 Å². The molecule has 7 heteroatoms. The van der Waals surface area contributed by atoms with E-state index in [9.17, 15) is 0 Å². The van der Waals surface area contributed by atoms with Crippen molar-refractivity contribution in [3.8, 4) is 11.3 Å². The van der Waals surface area contributed by atoms with Gasteiger partial charge in [-0.3, -0.25) is 4.90 Å². The molecule has 1 aromatic heterocycles. The first-order valence-electron chi connectivity index (χ1n) is 16.9. The van der Waals surface area contributed by atoms with Gasteiger partial charge in [-0.2, -0.15) is 0 Å². The molecule has 1 aliphatic heterocycles. The second kappa shape index (κ2) is 22.4. The number of nitrogens with two attached hydrogens (primary N) is 1. The molecule has 6 nitrogen and oxygen atoms in total. The van der Waals surface area contributed by atoms with Crippen molar-refractivity contribution >= 4 is 28.2 Å². The van der Waals surface area contributed by atoms with Gasteiger partial charge in [-0.05, 0) is 108 Å². The van der Waals surface area contributed by atoms with Crippen molar-refractivity contribution < 1.29 is 0 Å². The Morgan fingerprint density at radius 2 is 1.74 bits per heavy atom. The Hall–Kier alpha value is -3.10. The number of nitrogens with zero attached hydrogens (tertiary/aromatic N) is 5. The van der Waals surface area contributed by atoms with E-state index in [0.717, 1.165) is 80.2 Å². The van der Waals surface area contributed by atoms with E-state index < -0.39 is 0 Å². The van der Waals surface area contributed by atoms with E-state index in [2.05, 4.69) is 108 Å². The van der Waals surface area contributed by atoms with Crippen molar-refractivity contribution in [3.63, 3.8) is 0 Å². The Morgan fingerprint density at radius 3 is 2.33 bits per heavy atom. The summed E-state index contributed by atoms with van der Waals surface area (Å²) in [5, 5.41) is 0. The zero-order chi connectivity index (χ0) is 33.7. The normalized spacial score (nSPS) is 14.6. The Balaban J connectivity index is 0.000000643. The summed E-state index contributed by atoms with van der Waals surface area (Å²) < 4.78 is 0. The molecule has 0 unspecified atom stereocenters. The molecular weight excluding hydrogens is 627 g/mol. The SMILES string of the molecule is C=CCCCc1cccc(-c2cc(N3CCN(CCC)CC3)nc(/C(C3=CC=C=C=C3)=C(/C)N)n2)c1.CCCN(C)CCC.C[As]. The maximum absolute atomic E-state index is 6.41. The third-order valence-corrected chi connectivity index (χ3v) is 7.82. The molecule has 2 heterocycles. The molecule has 46 heavy (non-hydrogen) atoms. The van der Waals surface area contributed by atoms with Crippen LogP contribution in [0, 0.1) is 0 Å². The standard InChI is InChI=1S/C31H37N5.C7H17N.CH3As/c1-4-6-8-12-25-13-11-16-27(22-25)28-23-29(36-20-18-35(17-5-2)19-21-36)34-31(33-28)30(24(3)32)26-14-9-7-10-15-26;1-4-6-8(3)7-5-2;1-2/h4,9,11,13-16,22-23H,1,5-6,8,12,17-21,32H2,2-3H3;4-7H2,1-3H3;1H3/b30-24-;;. The molecule has 1 saturated heterocycles. The minimum absolute atomic E-state index is 0.648. The Labute approximate surface area is 289 Å². The number of benzene rings is 1. The van der Waals surface area contributed by atoms with Gasteiger partial charge in [0.15, 0.2) is 5.82 Å². The van der Waals surface area contributed by atoms with Gasteiger partial charge in [-0.1, -0.05) is 56.5 Å². The molecule has 0 spiro atoms. The fourth-order valence-electron chi connectivity index (χ4n) is 5.62. The molecule has 1 aromatic carbocycles. The molecule has 248 valence electrons. The van der Waals surface area contributed by atoms with Crippen molar-refractivity contribution in [2.45, 2.75) is 71.9 Å². The van der Waals surface area contributed by atoms with E-state index in [1.807, 2.05) is 36.9 Å². The first-order chi connectivity index (χ1) is 22.4. The van der Waals surface area contributed by atoms with Crippen LogP contribution >= 0.6 is 0 Å². The molecule has 1 fully saturated rings. The number of piperazine rings is 1. The number of hydrogen-bond acceptors (Lipinski definition) is 6. The number of unbranched alkanes of at least 4 members (excludes halogenated alkanes) is 1. The van der Waals surface area contributed by atoms with Gasteiger partial charge in [-0.15, -0.1) is 6.58 Å². The van der Waals surface area contributed by atoms with E-state index in [4.69, 9.17) is 15.7 Å². The van der Waals surface area contributed by atoms with Gasteiger partial charge in [0.1, 0.15) is 5.82 Å². The van der Waals surface area contributed by atoms with Gasteiger partial charge in [-0.25, -0.2) is 9.97 Å². The van der Waals surface area contributed by atoms with Crippen LogP contribution in [-0.4, -0.2) is 89.5 Å². The number of anilines is 1. The van der Waals surface area contributed by atoms with Crippen LogP contribution in [0.4, 0.5) is 5.82 Å². The molecule has 2 aromatic rings. The fraction of sp³-hybridized carbons (Fsp3) is 0.487. The Bertz CT molecular complexity index is 1360. The summed E-state index contributed by atoms with van der Waals surface area (Å²) in [7, 11) is 2.17. The van der Waals surface area contributed by atoms with Crippen LogP contribution in [0.25, 0.3) is 16.8 Å². The number of rotatable bonds is 14. The van der Waals surface area contributed by atoms with Gasteiger partial charge in [0.25, 0.3) is 0 Å². The maximum atomic E-state index is 6.41. The van der Waals surface area contributed by atoms with Crippen molar-refractivity contribution in [3.05, 3.63) is 95.3 Å². The number of aryl methyl sites for hydroxylation is 1. The summed E-state index contributed by atoms with van der Waals surface area (Å²) >= 11 is 2.31. The van der Waals surface area contributed by atoms with E-state index >= 15 is 0 Å². The first kappa shape index (κ1) is 39.1. The van der Waals surface area contributed by atoms with E-state index in [0.29, 0.717) is 11.5 Å². The van der Waals surface area contributed by atoms with E-state index in [1.54, 1.807) is 0 Å². The molecule has 2 radical (unpaired) electrons. The third kappa shape index (κ3) is 13.0. The van der Waals surface area contributed by atoms with Gasteiger partial charge in [0.2, 0.25) is 0 Å². The summed E-state index contributed by atoms with van der Waals surface area (Å²) in [4.78, 5) is 17.4. The van der Waals surface area contributed by atoms with Gasteiger partial charge >= 0.3 is 22.6 Å². The van der Waals surface area contributed by atoms with Crippen LogP contribution < -0.4 is 10.6 Å². The Kier molecular flexibility index (Phi) is 19.1. The number of hydrogen-bond donors (Lipinski definition) is 1. The molecule has 0 amide bonds. The second-order valence-corrected chi connectivity index (χ2v) is 11.7. The summed E-state index contributed by atoms with van der Waals surface area (Å²) in [6.07, 6.45) is 14.6. The quantitative estimate of drug-likeness (QED) is 0.0957. The molecule has 0 bridgehead atoms. The van der Waals surface area contributed by atoms with Crippen molar-refractivity contribution in [1.29, 1.82) is 0 Å². The van der Waals surface area contributed by atoms with Crippen LogP contribution in [0.5, 0.6) is 0 Å². The van der Waals surface area contributed by atoms with E-state index in [-0.39, 0.29) is 0 Å². The van der Waals surface area contributed by atoms with E-state index in [1.165, 1.54) is 37.9 Å². The summed E-state index contributed by atoms with van der Waals surface area (Å²) in [5.74, 6) is 1.60. The molecule has 4 rings (SSSR count). The fourth-order valence-corrected chi connectivity index (χ4v) is 5.62. The summed E-state index contributed by atoms with van der Waals surface area (Å²) in [6, 6.07) is 10.8. The van der Waals surface area contributed by atoms with Crippen molar-refractivity contribution in [1.82, 2.24) is 19.8 Å².